The fourth-order valence-electron chi connectivity index (χ4n) is 1.72. The van der Waals surface area contributed by atoms with E-state index >= 15 is 0 Å². The standard InChI is InChI=1S/C12H11ClFNO3/c13-7-1-4-9(10(14)5-7)12(18)15(6-11(16)17)8-2-3-8/h1,4-5,8H,2-3,6H2,(H,16,17). The summed E-state index contributed by atoms with van der Waals surface area (Å²) in [5.74, 6) is -2.44. The van der Waals surface area contributed by atoms with Crippen molar-refractivity contribution >= 4 is 23.5 Å². The van der Waals surface area contributed by atoms with Gasteiger partial charge in [-0.3, -0.25) is 9.59 Å². The lowest BCUT2D eigenvalue weighted by Crippen LogP contribution is -2.37. The number of aliphatic carboxylic acids is 1. The zero-order valence-corrected chi connectivity index (χ0v) is 10.2. The zero-order valence-electron chi connectivity index (χ0n) is 9.40. The largest absolute Gasteiger partial charge is 0.480 e. The van der Waals surface area contributed by atoms with Crippen LogP contribution in [0.25, 0.3) is 0 Å². The van der Waals surface area contributed by atoms with E-state index in [4.69, 9.17) is 16.7 Å². The van der Waals surface area contributed by atoms with Crippen LogP contribution in [-0.2, 0) is 4.79 Å². The number of halogens is 2. The summed E-state index contributed by atoms with van der Waals surface area (Å²) >= 11 is 5.60. The number of rotatable bonds is 4. The van der Waals surface area contributed by atoms with E-state index in [1.165, 1.54) is 17.0 Å². The molecule has 1 aliphatic rings. The second kappa shape index (κ2) is 4.94. The van der Waals surface area contributed by atoms with Crippen molar-refractivity contribution in [3.05, 3.63) is 34.6 Å². The van der Waals surface area contributed by atoms with Gasteiger partial charge >= 0.3 is 5.97 Å². The number of carbonyl (C=O) groups is 2. The highest BCUT2D eigenvalue weighted by Crippen LogP contribution is 2.28. The monoisotopic (exact) mass is 271 g/mol. The molecular weight excluding hydrogens is 261 g/mol. The van der Waals surface area contributed by atoms with Crippen LogP contribution < -0.4 is 0 Å². The second-order valence-electron chi connectivity index (χ2n) is 4.18. The summed E-state index contributed by atoms with van der Waals surface area (Å²) in [6, 6.07) is 3.63. The molecule has 0 atom stereocenters. The van der Waals surface area contributed by atoms with E-state index in [9.17, 15) is 14.0 Å². The summed E-state index contributed by atoms with van der Waals surface area (Å²) < 4.78 is 13.6. The minimum atomic E-state index is -1.11. The predicted octanol–water partition coefficient (Wildman–Crippen LogP) is 2.17. The lowest BCUT2D eigenvalue weighted by molar-refractivity contribution is -0.137. The third-order valence-corrected chi connectivity index (χ3v) is 2.95. The van der Waals surface area contributed by atoms with Crippen LogP contribution >= 0.6 is 11.6 Å². The van der Waals surface area contributed by atoms with Crippen molar-refractivity contribution in [2.75, 3.05) is 6.54 Å². The normalized spacial score (nSPS) is 14.3. The Morgan fingerprint density at radius 1 is 1.44 bits per heavy atom. The third kappa shape index (κ3) is 2.79. The van der Waals surface area contributed by atoms with E-state index in [0.29, 0.717) is 0 Å². The Bertz CT molecular complexity index is 502. The average Bonchev–Trinajstić information content (AvgIpc) is 3.08. The fraction of sp³-hybridized carbons (Fsp3) is 0.333. The minimum absolute atomic E-state index is 0.0938. The van der Waals surface area contributed by atoms with Crippen molar-refractivity contribution in [2.24, 2.45) is 0 Å². The highest BCUT2D eigenvalue weighted by molar-refractivity contribution is 6.30. The first kappa shape index (κ1) is 12.8. The van der Waals surface area contributed by atoms with E-state index in [1.54, 1.807) is 0 Å². The van der Waals surface area contributed by atoms with E-state index in [0.717, 1.165) is 18.9 Å². The van der Waals surface area contributed by atoms with Gasteiger partial charge in [-0.1, -0.05) is 11.6 Å². The second-order valence-corrected chi connectivity index (χ2v) is 4.62. The number of hydrogen-bond acceptors (Lipinski definition) is 2. The van der Waals surface area contributed by atoms with Gasteiger partial charge in [-0.15, -0.1) is 0 Å². The number of carbonyl (C=O) groups excluding carboxylic acids is 1. The molecule has 0 unspecified atom stereocenters. The Morgan fingerprint density at radius 2 is 2.11 bits per heavy atom. The number of carboxylic acids is 1. The molecule has 0 radical (unpaired) electrons. The highest BCUT2D eigenvalue weighted by Gasteiger charge is 2.35. The van der Waals surface area contributed by atoms with Crippen LogP contribution in [0.1, 0.15) is 23.2 Å². The molecule has 1 amide bonds. The highest BCUT2D eigenvalue weighted by atomic mass is 35.5. The molecule has 0 aromatic heterocycles. The Morgan fingerprint density at radius 3 is 2.61 bits per heavy atom. The molecule has 0 saturated heterocycles. The molecule has 0 bridgehead atoms. The molecule has 0 heterocycles. The van der Waals surface area contributed by atoms with Gasteiger partial charge in [0.2, 0.25) is 0 Å². The zero-order chi connectivity index (χ0) is 13.3. The van der Waals surface area contributed by atoms with Crippen molar-refractivity contribution in [3.63, 3.8) is 0 Å². The first-order chi connectivity index (χ1) is 8.49. The van der Waals surface area contributed by atoms with E-state index in [2.05, 4.69) is 0 Å². The molecule has 96 valence electrons. The number of benzene rings is 1. The van der Waals surface area contributed by atoms with E-state index in [1.807, 2.05) is 0 Å². The lowest BCUT2D eigenvalue weighted by Gasteiger charge is -2.20. The van der Waals surface area contributed by atoms with Crippen molar-refractivity contribution < 1.29 is 19.1 Å². The molecule has 18 heavy (non-hydrogen) atoms. The summed E-state index contributed by atoms with van der Waals surface area (Å²) in [6.45, 7) is -0.411. The maximum Gasteiger partial charge on any atom is 0.323 e. The first-order valence-corrected chi connectivity index (χ1v) is 5.84. The average molecular weight is 272 g/mol. The first-order valence-electron chi connectivity index (χ1n) is 5.47. The van der Waals surface area contributed by atoms with Gasteiger partial charge in [-0.25, -0.2) is 4.39 Å². The summed E-state index contributed by atoms with van der Waals surface area (Å²) in [7, 11) is 0. The predicted molar refractivity (Wildman–Crippen MR) is 63.1 cm³/mol. The maximum absolute atomic E-state index is 13.6. The Kier molecular flexibility index (Phi) is 3.52. The number of amides is 1. The van der Waals surface area contributed by atoms with Gasteiger partial charge < -0.3 is 10.0 Å². The summed E-state index contributed by atoms with van der Waals surface area (Å²) in [4.78, 5) is 24.0. The van der Waals surface area contributed by atoms with Gasteiger partial charge in [0.25, 0.3) is 5.91 Å². The van der Waals surface area contributed by atoms with Gasteiger partial charge in [-0.2, -0.15) is 0 Å². The Balaban J connectivity index is 2.24. The fourth-order valence-corrected chi connectivity index (χ4v) is 1.88. The van der Waals surface area contributed by atoms with Crippen LogP contribution in [-0.4, -0.2) is 34.5 Å². The molecule has 6 heteroatoms. The molecule has 1 N–H and O–H groups in total. The van der Waals surface area contributed by atoms with Gasteiger partial charge in [0.05, 0.1) is 5.56 Å². The Hall–Kier alpha value is -1.62. The van der Waals surface area contributed by atoms with Gasteiger partial charge in [0.15, 0.2) is 0 Å². The SMILES string of the molecule is O=C(O)CN(C(=O)c1ccc(Cl)cc1F)C1CC1. The summed E-state index contributed by atoms with van der Waals surface area (Å²) in [5.41, 5.74) is -0.146. The number of nitrogens with zero attached hydrogens (tertiary/aromatic N) is 1. The van der Waals surface area contributed by atoms with Gasteiger partial charge in [-0.05, 0) is 31.0 Å². The maximum atomic E-state index is 13.6. The van der Waals surface area contributed by atoms with Crippen LogP contribution in [0.5, 0.6) is 0 Å². The van der Waals surface area contributed by atoms with Crippen molar-refractivity contribution in [3.8, 4) is 0 Å². The van der Waals surface area contributed by atoms with Crippen LogP contribution in [0.15, 0.2) is 18.2 Å². The third-order valence-electron chi connectivity index (χ3n) is 2.72. The molecule has 1 saturated carbocycles. The van der Waals surface area contributed by atoms with E-state index in [-0.39, 0.29) is 16.6 Å². The molecule has 1 aromatic carbocycles. The summed E-state index contributed by atoms with van der Waals surface area (Å²) in [6.07, 6.45) is 1.52. The molecule has 0 spiro atoms. The molecule has 1 fully saturated rings. The van der Waals surface area contributed by atoms with Crippen molar-refractivity contribution in [2.45, 2.75) is 18.9 Å². The molecule has 4 nitrogen and oxygen atoms in total. The topological polar surface area (TPSA) is 57.6 Å². The minimum Gasteiger partial charge on any atom is -0.480 e. The van der Waals surface area contributed by atoms with Crippen LogP contribution in [0.3, 0.4) is 0 Å². The number of carboxylic acid groups (broad SMARTS) is 1. The molecule has 2 rings (SSSR count). The molecule has 1 aromatic rings. The molecule has 0 aliphatic heterocycles. The van der Waals surface area contributed by atoms with Crippen LogP contribution in [0.4, 0.5) is 4.39 Å². The van der Waals surface area contributed by atoms with Crippen LogP contribution in [0.2, 0.25) is 5.02 Å². The lowest BCUT2D eigenvalue weighted by atomic mass is 10.2. The van der Waals surface area contributed by atoms with Crippen molar-refractivity contribution in [1.29, 1.82) is 0 Å². The number of hydrogen-bond donors (Lipinski definition) is 1. The van der Waals surface area contributed by atoms with Crippen LogP contribution in [0, 0.1) is 5.82 Å². The smallest absolute Gasteiger partial charge is 0.323 e. The van der Waals surface area contributed by atoms with Crippen molar-refractivity contribution in [1.82, 2.24) is 4.90 Å². The summed E-state index contributed by atoms with van der Waals surface area (Å²) in [5, 5.41) is 8.96. The van der Waals surface area contributed by atoms with Gasteiger partial charge in [0, 0.05) is 11.1 Å². The quantitative estimate of drug-likeness (QED) is 0.913. The Labute approximate surface area is 108 Å². The molecule has 1 aliphatic carbocycles. The van der Waals surface area contributed by atoms with Gasteiger partial charge in [0.1, 0.15) is 12.4 Å². The molecular formula is C12H11ClFNO3. The van der Waals surface area contributed by atoms with E-state index < -0.39 is 24.2 Å².